The van der Waals surface area contributed by atoms with Gasteiger partial charge in [-0.3, -0.25) is 10.1 Å². The molecule has 178 valence electrons. The van der Waals surface area contributed by atoms with Gasteiger partial charge in [-0.1, -0.05) is 37.3 Å². The molecule has 0 aliphatic rings. The van der Waals surface area contributed by atoms with Gasteiger partial charge in [0.05, 0.1) is 22.9 Å². The first-order valence-electron chi connectivity index (χ1n) is 12.1. The van der Waals surface area contributed by atoms with Crippen LogP contribution in [0.1, 0.15) is 18.1 Å². The van der Waals surface area contributed by atoms with Crippen LogP contribution in [0.5, 0.6) is 0 Å². The Morgan fingerprint density at radius 3 is 2.61 bits per heavy atom. The lowest BCUT2D eigenvalue weighted by molar-refractivity contribution is 0.627. The van der Waals surface area contributed by atoms with Gasteiger partial charge in [-0.15, -0.1) is 0 Å². The lowest BCUT2D eigenvalue weighted by atomic mass is 10.00. The third kappa shape index (κ3) is 4.06. The predicted molar refractivity (Wildman–Crippen MR) is 144 cm³/mol. The number of aromatic amines is 2. The Bertz CT molecular complexity index is 1690. The van der Waals surface area contributed by atoms with E-state index in [-0.39, 0.29) is 5.82 Å². The number of benzene rings is 3. The standard InChI is InChI=1S/C30H26FN5/c1-3-32-15-19-5-4-6-20(11-19)21-7-8-27-25(13-21)30(36-35-27)28-14-24-26(16-33-17-29(24)34-28)22-9-18(2)10-23(31)12-22/h4-14,16-17,32,34H,3,15H2,1-2H3,(H,35,36). The summed E-state index contributed by atoms with van der Waals surface area (Å²) in [5, 5.41) is 13.2. The zero-order valence-corrected chi connectivity index (χ0v) is 20.2. The SMILES string of the molecule is CCNCc1cccc(-c2ccc3[nH]nc(-c4cc5c(-c6cc(C)cc(F)c6)cncc5[nH]4)c3c2)c1. The number of nitrogens with zero attached hydrogens (tertiary/aromatic N) is 2. The maximum atomic E-state index is 14.1. The first-order valence-corrected chi connectivity index (χ1v) is 12.1. The monoisotopic (exact) mass is 475 g/mol. The van der Waals surface area contributed by atoms with E-state index < -0.39 is 0 Å². The number of aromatic nitrogens is 4. The highest BCUT2D eigenvalue weighted by Crippen LogP contribution is 2.35. The van der Waals surface area contributed by atoms with Gasteiger partial charge in [0, 0.05) is 29.1 Å². The minimum Gasteiger partial charge on any atom is -0.352 e. The van der Waals surface area contributed by atoms with Crippen LogP contribution >= 0.6 is 0 Å². The molecule has 6 heteroatoms. The molecule has 36 heavy (non-hydrogen) atoms. The highest BCUT2D eigenvalue weighted by atomic mass is 19.1. The number of aryl methyl sites for hydroxylation is 1. The lowest BCUT2D eigenvalue weighted by Gasteiger charge is -2.07. The van der Waals surface area contributed by atoms with Crippen molar-refractivity contribution >= 4 is 21.8 Å². The van der Waals surface area contributed by atoms with E-state index in [9.17, 15) is 4.39 Å². The van der Waals surface area contributed by atoms with Gasteiger partial charge in [0.25, 0.3) is 0 Å². The summed E-state index contributed by atoms with van der Waals surface area (Å²) in [7, 11) is 0. The molecule has 0 spiro atoms. The number of H-pyrrole nitrogens is 2. The molecule has 3 aromatic heterocycles. The number of hydrogen-bond donors (Lipinski definition) is 3. The minimum atomic E-state index is -0.252. The van der Waals surface area contributed by atoms with Crippen LogP contribution in [0.25, 0.3) is 55.4 Å². The van der Waals surface area contributed by atoms with E-state index in [0.717, 1.165) is 68.5 Å². The smallest absolute Gasteiger partial charge is 0.124 e. The largest absolute Gasteiger partial charge is 0.352 e. The number of pyridine rings is 1. The molecule has 3 heterocycles. The first-order chi connectivity index (χ1) is 17.6. The molecular formula is C30H26FN5. The molecule has 0 amide bonds. The number of fused-ring (bicyclic) bond motifs is 2. The summed E-state index contributed by atoms with van der Waals surface area (Å²) in [5.74, 6) is -0.252. The van der Waals surface area contributed by atoms with Gasteiger partial charge >= 0.3 is 0 Å². The Morgan fingerprint density at radius 1 is 0.861 bits per heavy atom. The van der Waals surface area contributed by atoms with Crippen LogP contribution in [0.4, 0.5) is 4.39 Å². The number of nitrogens with one attached hydrogen (secondary N) is 3. The summed E-state index contributed by atoms with van der Waals surface area (Å²) in [5.41, 5.74) is 9.70. The molecule has 0 saturated heterocycles. The van der Waals surface area contributed by atoms with E-state index in [0.29, 0.717) is 0 Å². The molecule has 0 atom stereocenters. The molecule has 0 aliphatic heterocycles. The highest BCUT2D eigenvalue weighted by molar-refractivity contribution is 6.01. The molecule has 3 aromatic carbocycles. The molecule has 0 bridgehead atoms. The van der Waals surface area contributed by atoms with Gasteiger partial charge in [-0.2, -0.15) is 5.10 Å². The Morgan fingerprint density at radius 2 is 1.75 bits per heavy atom. The van der Waals surface area contributed by atoms with Gasteiger partial charge in [-0.05, 0) is 77.7 Å². The van der Waals surface area contributed by atoms with E-state index in [1.54, 1.807) is 18.5 Å². The van der Waals surface area contributed by atoms with E-state index in [4.69, 9.17) is 0 Å². The van der Waals surface area contributed by atoms with Crippen molar-refractivity contribution in [3.05, 3.63) is 96.1 Å². The average molecular weight is 476 g/mol. The third-order valence-corrected chi connectivity index (χ3v) is 6.56. The fraction of sp³-hybridized carbons (Fsp3) is 0.133. The Kier molecular flexibility index (Phi) is 5.58. The Balaban J connectivity index is 1.44. The lowest BCUT2D eigenvalue weighted by Crippen LogP contribution is -2.11. The van der Waals surface area contributed by atoms with Gasteiger partial charge in [0.15, 0.2) is 0 Å². The van der Waals surface area contributed by atoms with Crippen LogP contribution in [0.3, 0.4) is 0 Å². The molecule has 0 unspecified atom stereocenters. The molecule has 3 N–H and O–H groups in total. The van der Waals surface area contributed by atoms with Crippen molar-refractivity contribution in [2.24, 2.45) is 0 Å². The summed E-state index contributed by atoms with van der Waals surface area (Å²) in [6.07, 6.45) is 3.58. The van der Waals surface area contributed by atoms with Crippen LogP contribution in [0, 0.1) is 12.7 Å². The van der Waals surface area contributed by atoms with E-state index in [1.165, 1.54) is 17.2 Å². The van der Waals surface area contributed by atoms with Crippen LogP contribution in [0.15, 0.2) is 79.1 Å². The molecule has 0 fully saturated rings. The van der Waals surface area contributed by atoms with Crippen LogP contribution < -0.4 is 5.32 Å². The predicted octanol–water partition coefficient (Wildman–Crippen LogP) is 7.00. The van der Waals surface area contributed by atoms with Crippen molar-refractivity contribution in [2.45, 2.75) is 20.4 Å². The molecule has 0 radical (unpaired) electrons. The second-order valence-electron chi connectivity index (χ2n) is 9.16. The van der Waals surface area contributed by atoms with Gasteiger partial charge in [0.1, 0.15) is 11.5 Å². The van der Waals surface area contributed by atoms with Gasteiger partial charge < -0.3 is 10.3 Å². The van der Waals surface area contributed by atoms with Crippen molar-refractivity contribution in [2.75, 3.05) is 6.54 Å². The number of rotatable bonds is 6. The van der Waals surface area contributed by atoms with E-state index in [1.807, 2.05) is 13.0 Å². The molecule has 0 aliphatic carbocycles. The van der Waals surface area contributed by atoms with Crippen molar-refractivity contribution in [1.29, 1.82) is 0 Å². The third-order valence-electron chi connectivity index (χ3n) is 6.56. The summed E-state index contributed by atoms with van der Waals surface area (Å²) in [4.78, 5) is 7.88. The van der Waals surface area contributed by atoms with Crippen molar-refractivity contribution in [1.82, 2.24) is 25.5 Å². The quantitative estimate of drug-likeness (QED) is 0.243. The fourth-order valence-electron chi connectivity index (χ4n) is 4.83. The zero-order valence-electron chi connectivity index (χ0n) is 20.2. The highest BCUT2D eigenvalue weighted by Gasteiger charge is 2.15. The van der Waals surface area contributed by atoms with Crippen molar-refractivity contribution < 1.29 is 4.39 Å². The van der Waals surface area contributed by atoms with E-state index in [2.05, 4.69) is 80.9 Å². The molecule has 0 saturated carbocycles. The van der Waals surface area contributed by atoms with Crippen LogP contribution in [-0.4, -0.2) is 26.7 Å². The maximum absolute atomic E-state index is 14.1. The average Bonchev–Trinajstić information content (AvgIpc) is 3.50. The van der Waals surface area contributed by atoms with Gasteiger partial charge in [-0.25, -0.2) is 4.39 Å². The second-order valence-corrected chi connectivity index (χ2v) is 9.16. The first kappa shape index (κ1) is 22.2. The molecule has 5 nitrogen and oxygen atoms in total. The van der Waals surface area contributed by atoms with Crippen LogP contribution in [0.2, 0.25) is 0 Å². The fourth-order valence-corrected chi connectivity index (χ4v) is 4.83. The summed E-state index contributed by atoms with van der Waals surface area (Å²) in [6.45, 7) is 5.79. The van der Waals surface area contributed by atoms with Crippen molar-refractivity contribution in [3.63, 3.8) is 0 Å². The maximum Gasteiger partial charge on any atom is 0.124 e. The normalized spacial score (nSPS) is 11.5. The van der Waals surface area contributed by atoms with Crippen molar-refractivity contribution in [3.8, 4) is 33.6 Å². The molecular weight excluding hydrogens is 449 g/mol. The van der Waals surface area contributed by atoms with Crippen LogP contribution in [-0.2, 0) is 6.54 Å². The molecule has 6 aromatic rings. The Hall–Kier alpha value is -4.29. The minimum absolute atomic E-state index is 0.252. The summed E-state index contributed by atoms with van der Waals surface area (Å²) >= 11 is 0. The number of halogens is 1. The topological polar surface area (TPSA) is 69.4 Å². The Labute approximate surface area is 208 Å². The van der Waals surface area contributed by atoms with E-state index >= 15 is 0 Å². The summed E-state index contributed by atoms with van der Waals surface area (Å²) < 4.78 is 14.1. The zero-order chi connectivity index (χ0) is 24.6. The number of hydrogen-bond acceptors (Lipinski definition) is 3. The summed E-state index contributed by atoms with van der Waals surface area (Å²) in [6, 6.07) is 22.1. The molecule has 6 rings (SSSR count). The van der Waals surface area contributed by atoms with Gasteiger partial charge in [0.2, 0.25) is 0 Å². The second kappa shape index (κ2) is 9.06.